The molecule has 0 aromatic carbocycles. The molecule has 0 spiro atoms. The summed E-state index contributed by atoms with van der Waals surface area (Å²) in [5.41, 5.74) is 5.42. The van der Waals surface area contributed by atoms with Crippen molar-refractivity contribution < 1.29 is 0 Å². The summed E-state index contributed by atoms with van der Waals surface area (Å²) >= 11 is 0. The Morgan fingerprint density at radius 1 is 0.320 bits per heavy atom. The first-order valence-corrected chi connectivity index (χ1v) is 12.0. The molecule has 0 amide bonds. The molecule has 0 atom stereocenters. The second kappa shape index (κ2) is 28.8. The van der Waals surface area contributed by atoms with Crippen LogP contribution < -0.4 is 5.73 Å². The number of hydrogen-bond donors (Lipinski definition) is 1. The minimum Gasteiger partial charge on any atom is -0.330 e. The average Bonchev–Trinajstić information content (AvgIpc) is 2.63. The van der Waals surface area contributed by atoms with Gasteiger partial charge in [-0.1, -0.05) is 143 Å². The molecule has 0 aliphatic carbocycles. The highest BCUT2D eigenvalue weighted by Crippen LogP contribution is 2.10. The van der Waals surface area contributed by atoms with Crippen molar-refractivity contribution in [3.05, 3.63) is 0 Å². The predicted molar refractivity (Wildman–Crippen MR) is 118 cm³/mol. The lowest BCUT2D eigenvalue weighted by Crippen LogP contribution is -1.97. The molecule has 0 radical (unpaired) electrons. The molecule has 0 heterocycles. The van der Waals surface area contributed by atoms with Crippen molar-refractivity contribution in [2.45, 2.75) is 149 Å². The fraction of sp³-hybridized carbons (Fsp3) is 1.00. The molecule has 154 valence electrons. The molecular formula is C24H53N. The van der Waals surface area contributed by atoms with E-state index in [9.17, 15) is 0 Å². The van der Waals surface area contributed by atoms with Crippen LogP contribution in [0.3, 0.4) is 0 Å². The first-order valence-electron chi connectivity index (χ1n) is 12.0. The third kappa shape index (κ3) is 32.1. The minimum absolute atomic E-state index is 0.872. The first-order chi connectivity index (χ1) is 12.3. The van der Waals surface area contributed by atoms with Gasteiger partial charge in [0.25, 0.3) is 0 Å². The average molecular weight is 356 g/mol. The molecule has 0 aliphatic heterocycles. The van der Waals surface area contributed by atoms with Crippen molar-refractivity contribution in [2.75, 3.05) is 6.54 Å². The Bertz CT molecular complexity index is 171. The van der Waals surface area contributed by atoms with Gasteiger partial charge in [0, 0.05) is 0 Å². The van der Waals surface area contributed by atoms with Gasteiger partial charge in [0.15, 0.2) is 0 Å². The van der Waals surface area contributed by atoms with Crippen LogP contribution in [0.2, 0.25) is 0 Å². The van der Waals surface area contributed by atoms with Gasteiger partial charge in [-0.25, -0.2) is 0 Å². The molecule has 0 bridgehead atoms. The molecular weight excluding hydrogens is 302 g/mol. The second-order valence-corrected chi connectivity index (χ2v) is 7.80. The molecule has 25 heavy (non-hydrogen) atoms. The highest BCUT2D eigenvalue weighted by Gasteiger charge is 1.91. The molecule has 0 aromatic heterocycles. The molecule has 1 heteroatoms. The van der Waals surface area contributed by atoms with Gasteiger partial charge in [0.1, 0.15) is 0 Å². The van der Waals surface area contributed by atoms with E-state index in [1.165, 1.54) is 128 Å². The molecule has 0 aromatic rings. The smallest absolute Gasteiger partial charge is 0.00773 e. The lowest BCUT2D eigenvalue weighted by atomic mass is 10.1. The van der Waals surface area contributed by atoms with Crippen molar-refractivity contribution in [2.24, 2.45) is 5.73 Å². The first kappa shape index (κ1) is 27.2. The zero-order valence-corrected chi connectivity index (χ0v) is 18.4. The third-order valence-corrected chi connectivity index (χ3v) is 5.01. The van der Waals surface area contributed by atoms with Crippen LogP contribution in [0.4, 0.5) is 0 Å². The minimum atomic E-state index is 0.872. The Morgan fingerprint density at radius 2 is 0.520 bits per heavy atom. The third-order valence-electron chi connectivity index (χ3n) is 5.01. The summed E-state index contributed by atoms with van der Waals surface area (Å²) in [4.78, 5) is 0. The maximum Gasteiger partial charge on any atom is -0.00773 e. The van der Waals surface area contributed by atoms with Gasteiger partial charge in [-0.15, -0.1) is 0 Å². The molecule has 0 unspecified atom stereocenters. The number of rotatable bonds is 19. The van der Waals surface area contributed by atoms with Crippen molar-refractivity contribution in [1.82, 2.24) is 0 Å². The molecule has 0 rings (SSSR count). The molecule has 0 saturated carbocycles. The van der Waals surface area contributed by atoms with E-state index in [0.29, 0.717) is 0 Å². The van der Waals surface area contributed by atoms with Crippen LogP contribution in [0, 0.1) is 0 Å². The van der Waals surface area contributed by atoms with E-state index in [1.54, 1.807) is 0 Å². The SMILES string of the molecule is CCCCCCCCCCCC.CCCCCCCCCCCCN. The van der Waals surface area contributed by atoms with Gasteiger partial charge in [0.2, 0.25) is 0 Å². The normalized spacial score (nSPS) is 10.6. The lowest BCUT2D eigenvalue weighted by Gasteiger charge is -2.00. The highest BCUT2D eigenvalue weighted by atomic mass is 14.5. The molecule has 1 nitrogen and oxygen atoms in total. The van der Waals surface area contributed by atoms with E-state index in [0.717, 1.165) is 6.54 Å². The monoisotopic (exact) mass is 355 g/mol. The van der Waals surface area contributed by atoms with Crippen LogP contribution >= 0.6 is 0 Å². The molecule has 0 aliphatic rings. The van der Waals surface area contributed by atoms with E-state index < -0.39 is 0 Å². The Morgan fingerprint density at radius 3 is 0.720 bits per heavy atom. The van der Waals surface area contributed by atoms with E-state index in [4.69, 9.17) is 5.73 Å². The van der Waals surface area contributed by atoms with Crippen LogP contribution in [-0.2, 0) is 0 Å². The van der Waals surface area contributed by atoms with E-state index >= 15 is 0 Å². The van der Waals surface area contributed by atoms with Gasteiger partial charge in [-0.3, -0.25) is 0 Å². The van der Waals surface area contributed by atoms with Gasteiger partial charge < -0.3 is 5.73 Å². The predicted octanol–water partition coefficient (Wildman–Crippen LogP) is 8.79. The Kier molecular flexibility index (Phi) is 31.3. The van der Waals surface area contributed by atoms with Crippen molar-refractivity contribution >= 4 is 0 Å². The van der Waals surface area contributed by atoms with Gasteiger partial charge >= 0.3 is 0 Å². The summed E-state index contributed by atoms with van der Waals surface area (Å²) in [6, 6.07) is 0. The maximum absolute atomic E-state index is 5.42. The summed E-state index contributed by atoms with van der Waals surface area (Å²) in [5.74, 6) is 0. The lowest BCUT2D eigenvalue weighted by molar-refractivity contribution is 0.558. The van der Waals surface area contributed by atoms with Gasteiger partial charge in [-0.2, -0.15) is 0 Å². The fourth-order valence-electron chi connectivity index (χ4n) is 3.19. The largest absolute Gasteiger partial charge is 0.330 e. The highest BCUT2D eigenvalue weighted by molar-refractivity contribution is 4.47. The summed E-state index contributed by atoms with van der Waals surface area (Å²) < 4.78 is 0. The Hall–Kier alpha value is -0.0400. The van der Waals surface area contributed by atoms with Gasteiger partial charge in [0.05, 0.1) is 0 Å². The van der Waals surface area contributed by atoms with Crippen LogP contribution in [0.25, 0.3) is 0 Å². The summed E-state index contributed by atoms with van der Waals surface area (Å²) in [5, 5.41) is 0. The van der Waals surface area contributed by atoms with Gasteiger partial charge in [-0.05, 0) is 13.0 Å². The van der Waals surface area contributed by atoms with Crippen molar-refractivity contribution in [3.8, 4) is 0 Å². The quantitative estimate of drug-likeness (QED) is 0.230. The summed E-state index contributed by atoms with van der Waals surface area (Å²) in [6.07, 6.45) is 28.4. The molecule has 2 N–H and O–H groups in total. The maximum atomic E-state index is 5.42. The number of hydrogen-bond acceptors (Lipinski definition) is 1. The zero-order chi connectivity index (χ0) is 18.8. The molecule has 0 fully saturated rings. The zero-order valence-electron chi connectivity index (χ0n) is 18.4. The summed E-state index contributed by atoms with van der Waals surface area (Å²) in [6.45, 7) is 7.70. The van der Waals surface area contributed by atoms with E-state index in [2.05, 4.69) is 20.8 Å². The van der Waals surface area contributed by atoms with Crippen LogP contribution in [0.1, 0.15) is 149 Å². The number of unbranched alkanes of at least 4 members (excludes halogenated alkanes) is 18. The van der Waals surface area contributed by atoms with Crippen molar-refractivity contribution in [1.29, 1.82) is 0 Å². The van der Waals surface area contributed by atoms with Crippen LogP contribution in [-0.4, -0.2) is 6.54 Å². The summed E-state index contributed by atoms with van der Waals surface area (Å²) in [7, 11) is 0. The van der Waals surface area contributed by atoms with Crippen LogP contribution in [0.5, 0.6) is 0 Å². The van der Waals surface area contributed by atoms with E-state index in [-0.39, 0.29) is 0 Å². The van der Waals surface area contributed by atoms with Crippen molar-refractivity contribution in [3.63, 3.8) is 0 Å². The van der Waals surface area contributed by atoms with E-state index in [1.807, 2.05) is 0 Å². The Labute approximate surface area is 161 Å². The number of nitrogens with two attached hydrogens (primary N) is 1. The molecule has 0 saturated heterocycles. The standard InChI is InChI=1S/C12H27N.C12H26/c1-2-3-4-5-6-7-8-9-10-11-12-13;1-3-5-7-9-11-12-10-8-6-4-2/h2-13H2,1H3;3-12H2,1-2H3. The Balaban J connectivity index is 0. The topological polar surface area (TPSA) is 26.0 Å². The fourth-order valence-corrected chi connectivity index (χ4v) is 3.19. The van der Waals surface area contributed by atoms with Crippen LogP contribution in [0.15, 0.2) is 0 Å². The second-order valence-electron chi connectivity index (χ2n) is 7.80.